The van der Waals surface area contributed by atoms with Crippen LogP contribution in [0.3, 0.4) is 0 Å². The van der Waals surface area contributed by atoms with Crippen molar-refractivity contribution in [1.29, 1.82) is 0 Å². The molecule has 2 fully saturated rings. The Bertz CT molecular complexity index is 210. The fourth-order valence-corrected chi connectivity index (χ4v) is 3.01. The molecule has 0 spiro atoms. The summed E-state index contributed by atoms with van der Waals surface area (Å²) in [7, 11) is 0. The van der Waals surface area contributed by atoms with E-state index in [0.29, 0.717) is 24.1 Å². The van der Waals surface area contributed by atoms with E-state index in [4.69, 9.17) is 10.5 Å². The minimum Gasteiger partial charge on any atom is -0.377 e. The summed E-state index contributed by atoms with van der Waals surface area (Å²) in [6, 6.07) is 1.07. The molecule has 15 heavy (non-hydrogen) atoms. The largest absolute Gasteiger partial charge is 0.377 e. The van der Waals surface area contributed by atoms with Crippen molar-refractivity contribution in [1.82, 2.24) is 4.90 Å². The maximum absolute atomic E-state index is 6.13. The monoisotopic (exact) mass is 212 g/mol. The maximum atomic E-state index is 6.13. The van der Waals surface area contributed by atoms with E-state index >= 15 is 0 Å². The third-order valence-electron chi connectivity index (χ3n) is 4.15. The summed E-state index contributed by atoms with van der Waals surface area (Å²) in [5.74, 6) is 0.687. The molecule has 0 aromatic carbocycles. The summed E-state index contributed by atoms with van der Waals surface area (Å²) in [5, 5.41) is 0. The third kappa shape index (κ3) is 2.35. The summed E-state index contributed by atoms with van der Waals surface area (Å²) < 4.78 is 5.64. The molecule has 88 valence electrons. The second kappa shape index (κ2) is 4.81. The Balaban J connectivity index is 1.93. The van der Waals surface area contributed by atoms with Crippen LogP contribution in [0.2, 0.25) is 0 Å². The predicted molar refractivity (Wildman–Crippen MR) is 61.8 cm³/mol. The van der Waals surface area contributed by atoms with E-state index in [1.807, 2.05) is 0 Å². The van der Waals surface area contributed by atoms with Crippen LogP contribution in [0.4, 0.5) is 0 Å². The first-order valence-corrected chi connectivity index (χ1v) is 6.33. The van der Waals surface area contributed by atoms with Gasteiger partial charge in [-0.3, -0.25) is 4.90 Å². The minimum atomic E-state index is 0.414. The summed E-state index contributed by atoms with van der Waals surface area (Å²) >= 11 is 0. The average Bonchev–Trinajstić information content (AvgIpc) is 2.65. The van der Waals surface area contributed by atoms with E-state index in [0.717, 1.165) is 19.6 Å². The molecule has 2 saturated heterocycles. The number of ether oxygens (including phenoxy) is 1. The minimum absolute atomic E-state index is 0.414. The van der Waals surface area contributed by atoms with Gasteiger partial charge in [-0.1, -0.05) is 13.3 Å². The van der Waals surface area contributed by atoms with E-state index in [1.165, 1.54) is 19.4 Å². The highest BCUT2D eigenvalue weighted by Gasteiger charge is 2.34. The van der Waals surface area contributed by atoms with Gasteiger partial charge in [-0.15, -0.1) is 0 Å². The molecule has 0 aromatic rings. The number of hydrogen-bond donors (Lipinski definition) is 1. The highest BCUT2D eigenvalue weighted by Crippen LogP contribution is 2.26. The molecular weight excluding hydrogens is 188 g/mol. The second-order valence-corrected chi connectivity index (χ2v) is 5.05. The van der Waals surface area contributed by atoms with Crippen LogP contribution in [0.25, 0.3) is 0 Å². The molecule has 4 unspecified atom stereocenters. The highest BCUT2D eigenvalue weighted by molar-refractivity contribution is 4.89. The van der Waals surface area contributed by atoms with E-state index in [9.17, 15) is 0 Å². The van der Waals surface area contributed by atoms with E-state index in [2.05, 4.69) is 18.7 Å². The van der Waals surface area contributed by atoms with Gasteiger partial charge in [0.1, 0.15) is 0 Å². The summed E-state index contributed by atoms with van der Waals surface area (Å²) in [6.07, 6.45) is 3.98. The van der Waals surface area contributed by atoms with E-state index < -0.39 is 0 Å². The number of nitrogens with two attached hydrogens (primary N) is 1. The molecule has 0 bridgehead atoms. The Morgan fingerprint density at radius 3 is 2.80 bits per heavy atom. The van der Waals surface area contributed by atoms with Crippen molar-refractivity contribution in [3.63, 3.8) is 0 Å². The van der Waals surface area contributed by atoms with Gasteiger partial charge >= 0.3 is 0 Å². The van der Waals surface area contributed by atoms with Crippen molar-refractivity contribution < 1.29 is 4.74 Å². The number of hydrogen-bond acceptors (Lipinski definition) is 3. The Hall–Kier alpha value is -0.120. The number of rotatable bonds is 2. The second-order valence-electron chi connectivity index (χ2n) is 5.05. The summed E-state index contributed by atoms with van der Waals surface area (Å²) in [5.41, 5.74) is 6.13. The van der Waals surface area contributed by atoms with Crippen molar-refractivity contribution in [2.75, 3.05) is 19.7 Å². The molecular formula is C12H24N2O. The van der Waals surface area contributed by atoms with Gasteiger partial charge < -0.3 is 10.5 Å². The zero-order chi connectivity index (χ0) is 10.8. The standard InChI is InChI=1S/C12H24N2O/c1-3-10-8-14(6-4-11(10)13)12-5-7-15-9(12)2/h9-12H,3-8,13H2,1-2H3. The lowest BCUT2D eigenvalue weighted by Gasteiger charge is -2.40. The Kier molecular flexibility index (Phi) is 3.65. The van der Waals surface area contributed by atoms with Gasteiger partial charge in [0.05, 0.1) is 6.10 Å². The Labute approximate surface area is 93.0 Å². The van der Waals surface area contributed by atoms with Gasteiger partial charge in [-0.2, -0.15) is 0 Å². The topological polar surface area (TPSA) is 38.5 Å². The Morgan fingerprint density at radius 1 is 1.40 bits per heavy atom. The third-order valence-corrected chi connectivity index (χ3v) is 4.15. The summed E-state index contributed by atoms with van der Waals surface area (Å²) in [4.78, 5) is 2.61. The first-order valence-electron chi connectivity index (χ1n) is 6.33. The zero-order valence-electron chi connectivity index (χ0n) is 9.98. The average molecular weight is 212 g/mol. The van der Waals surface area contributed by atoms with Crippen LogP contribution in [-0.4, -0.2) is 42.8 Å². The van der Waals surface area contributed by atoms with E-state index in [1.54, 1.807) is 0 Å². The fraction of sp³-hybridized carbons (Fsp3) is 1.00. The molecule has 0 saturated carbocycles. The molecule has 0 radical (unpaired) electrons. The van der Waals surface area contributed by atoms with Crippen LogP contribution >= 0.6 is 0 Å². The maximum Gasteiger partial charge on any atom is 0.0703 e. The molecule has 2 heterocycles. The molecule has 0 amide bonds. The van der Waals surface area contributed by atoms with Gasteiger partial charge in [0, 0.05) is 31.8 Å². The molecule has 3 heteroatoms. The molecule has 0 aliphatic carbocycles. The SMILES string of the molecule is CCC1CN(C2CCOC2C)CCC1N. The number of nitrogens with zero attached hydrogens (tertiary/aromatic N) is 1. The summed E-state index contributed by atoms with van der Waals surface area (Å²) in [6.45, 7) is 7.73. The van der Waals surface area contributed by atoms with Crippen LogP contribution in [0, 0.1) is 5.92 Å². The lowest BCUT2D eigenvalue weighted by Crippen LogP contribution is -2.52. The van der Waals surface area contributed by atoms with Gasteiger partial charge in [-0.25, -0.2) is 0 Å². The highest BCUT2D eigenvalue weighted by atomic mass is 16.5. The van der Waals surface area contributed by atoms with Crippen molar-refractivity contribution in [3.05, 3.63) is 0 Å². The van der Waals surface area contributed by atoms with Crippen LogP contribution in [0.15, 0.2) is 0 Å². The van der Waals surface area contributed by atoms with Crippen LogP contribution in [0.1, 0.15) is 33.1 Å². The van der Waals surface area contributed by atoms with Gasteiger partial charge in [0.15, 0.2) is 0 Å². The van der Waals surface area contributed by atoms with Gasteiger partial charge in [0.25, 0.3) is 0 Å². The Morgan fingerprint density at radius 2 is 2.20 bits per heavy atom. The van der Waals surface area contributed by atoms with Crippen LogP contribution in [-0.2, 0) is 4.74 Å². The molecule has 0 aromatic heterocycles. The molecule has 3 nitrogen and oxygen atoms in total. The van der Waals surface area contributed by atoms with Crippen LogP contribution in [0.5, 0.6) is 0 Å². The molecule has 2 aliphatic heterocycles. The number of likely N-dealkylation sites (tertiary alicyclic amines) is 1. The lowest BCUT2D eigenvalue weighted by molar-refractivity contribution is 0.0472. The normalized spacial score (nSPS) is 43.4. The smallest absolute Gasteiger partial charge is 0.0703 e. The fourth-order valence-electron chi connectivity index (χ4n) is 3.01. The lowest BCUT2D eigenvalue weighted by atomic mass is 9.89. The quantitative estimate of drug-likeness (QED) is 0.748. The first-order chi connectivity index (χ1) is 7.22. The van der Waals surface area contributed by atoms with E-state index in [-0.39, 0.29) is 0 Å². The van der Waals surface area contributed by atoms with Crippen molar-refractivity contribution >= 4 is 0 Å². The van der Waals surface area contributed by atoms with Gasteiger partial charge in [-0.05, 0) is 25.7 Å². The molecule has 2 N–H and O–H groups in total. The van der Waals surface area contributed by atoms with Crippen molar-refractivity contribution in [3.8, 4) is 0 Å². The van der Waals surface area contributed by atoms with Crippen LogP contribution < -0.4 is 5.73 Å². The zero-order valence-corrected chi connectivity index (χ0v) is 9.98. The van der Waals surface area contributed by atoms with Gasteiger partial charge in [0.2, 0.25) is 0 Å². The predicted octanol–water partition coefficient (Wildman–Crippen LogP) is 1.22. The molecule has 2 rings (SSSR count). The number of piperidine rings is 1. The molecule has 2 aliphatic rings. The van der Waals surface area contributed by atoms with Crippen molar-refractivity contribution in [2.45, 2.75) is 51.3 Å². The van der Waals surface area contributed by atoms with Crippen molar-refractivity contribution in [2.24, 2.45) is 11.7 Å². The first kappa shape index (κ1) is 11.4. The molecule has 4 atom stereocenters.